The second-order valence-corrected chi connectivity index (χ2v) is 16.0. The molecule has 0 saturated carbocycles. The van der Waals surface area contributed by atoms with Crippen LogP contribution in [0.2, 0.25) is 0 Å². The van der Waals surface area contributed by atoms with Gasteiger partial charge in [-0.3, -0.25) is 0 Å². The van der Waals surface area contributed by atoms with E-state index >= 15 is 0 Å². The van der Waals surface area contributed by atoms with E-state index in [1.807, 2.05) is 36.4 Å². The normalized spacial score (nSPS) is 11.9. The molecule has 288 valence electrons. The monoisotopic (exact) mass is 789 g/mol. The summed E-state index contributed by atoms with van der Waals surface area (Å²) in [5.41, 5.74) is 9.82. The molecule has 0 fully saturated rings. The molecule has 3 heterocycles. The van der Waals surface area contributed by atoms with Gasteiger partial charge < -0.3 is 9.13 Å². The first-order valence-electron chi connectivity index (χ1n) is 21.0. The van der Waals surface area contributed by atoms with Crippen LogP contribution in [0.3, 0.4) is 0 Å². The first-order chi connectivity index (χ1) is 30.7. The van der Waals surface area contributed by atoms with Crippen molar-refractivity contribution in [3.8, 4) is 45.5 Å². The Hall–Kier alpha value is -8.41. The third-order valence-electron chi connectivity index (χ3n) is 12.5. The summed E-state index contributed by atoms with van der Waals surface area (Å²) in [6.07, 6.45) is 0. The van der Waals surface area contributed by atoms with Gasteiger partial charge in [0, 0.05) is 49.0 Å². The van der Waals surface area contributed by atoms with Gasteiger partial charge in [-0.25, -0.2) is 15.0 Å². The minimum absolute atomic E-state index is 0.638. The fourth-order valence-electron chi connectivity index (χ4n) is 9.71. The molecular weight excluding hydrogens is 755 g/mol. The zero-order valence-corrected chi connectivity index (χ0v) is 33.4. The second kappa shape index (κ2) is 13.6. The van der Waals surface area contributed by atoms with E-state index in [1.54, 1.807) is 0 Å². The van der Waals surface area contributed by atoms with E-state index < -0.39 is 0 Å². The Morgan fingerprint density at radius 2 is 0.710 bits per heavy atom. The molecule has 0 saturated heterocycles. The Morgan fingerprint density at radius 3 is 1.37 bits per heavy atom. The number of hydrogen-bond acceptors (Lipinski definition) is 3. The Kier molecular flexibility index (Phi) is 7.54. The molecule has 62 heavy (non-hydrogen) atoms. The van der Waals surface area contributed by atoms with Gasteiger partial charge in [0.15, 0.2) is 17.5 Å². The lowest BCUT2D eigenvalue weighted by Crippen LogP contribution is -2.01. The molecule has 10 aromatic carbocycles. The summed E-state index contributed by atoms with van der Waals surface area (Å²) in [5.74, 6) is 1.93. The Morgan fingerprint density at radius 1 is 0.258 bits per heavy atom. The maximum Gasteiger partial charge on any atom is 0.164 e. The van der Waals surface area contributed by atoms with Crippen LogP contribution in [0, 0.1) is 0 Å². The van der Waals surface area contributed by atoms with Gasteiger partial charge in [-0.2, -0.15) is 0 Å². The minimum atomic E-state index is 0.638. The van der Waals surface area contributed by atoms with Crippen molar-refractivity contribution in [3.05, 3.63) is 212 Å². The van der Waals surface area contributed by atoms with Gasteiger partial charge in [-0.15, -0.1) is 0 Å². The summed E-state index contributed by atoms with van der Waals surface area (Å²) < 4.78 is 4.90. The number of aromatic nitrogens is 5. The maximum atomic E-state index is 5.13. The first kappa shape index (κ1) is 34.5. The summed E-state index contributed by atoms with van der Waals surface area (Å²) >= 11 is 0. The molecule has 0 amide bonds. The van der Waals surface area contributed by atoms with Gasteiger partial charge in [0.1, 0.15) is 0 Å². The molecule has 3 aromatic heterocycles. The van der Waals surface area contributed by atoms with Crippen molar-refractivity contribution in [3.63, 3.8) is 0 Å². The molecule has 0 atom stereocenters. The van der Waals surface area contributed by atoms with Crippen molar-refractivity contribution in [2.75, 3.05) is 0 Å². The topological polar surface area (TPSA) is 48.5 Å². The highest BCUT2D eigenvalue weighted by Gasteiger charge is 2.20. The highest BCUT2D eigenvalue weighted by molar-refractivity contribution is 6.18. The number of nitrogens with zero attached hydrogens (tertiary/aromatic N) is 5. The van der Waals surface area contributed by atoms with Crippen molar-refractivity contribution in [1.82, 2.24) is 24.1 Å². The van der Waals surface area contributed by atoms with Crippen molar-refractivity contribution in [2.45, 2.75) is 0 Å². The lowest BCUT2D eigenvalue weighted by atomic mass is 10.0. The van der Waals surface area contributed by atoms with Crippen molar-refractivity contribution >= 4 is 75.9 Å². The van der Waals surface area contributed by atoms with E-state index in [1.165, 1.54) is 59.8 Å². The Labute approximate surface area is 356 Å². The smallest absolute Gasteiger partial charge is 0.164 e. The van der Waals surface area contributed by atoms with Crippen molar-refractivity contribution < 1.29 is 0 Å². The van der Waals surface area contributed by atoms with Crippen LogP contribution >= 0.6 is 0 Å². The quantitative estimate of drug-likeness (QED) is 0.174. The standard InChI is InChI=1S/C57H35N5/c1-3-16-36(17-4-1)55-58-56(37-18-5-2-6-19-37)60-57(59-55)45-27-14-26-42-41(45)25-15-31-51(42)61-50-29-12-10-24-44(50)48-35-46-40(34-54(48)61)22-13-30-52(46)62-49-28-11-9-23-43(49)47-32-38-20-7-8-21-39(38)33-53(47)62/h1-35H. The fraction of sp³-hybridized carbons (Fsp3) is 0. The molecule has 0 N–H and O–H groups in total. The minimum Gasteiger partial charge on any atom is -0.309 e. The highest BCUT2D eigenvalue weighted by Crippen LogP contribution is 2.42. The van der Waals surface area contributed by atoms with Crippen LogP contribution in [0.15, 0.2) is 212 Å². The van der Waals surface area contributed by atoms with Crippen LogP contribution in [0.1, 0.15) is 0 Å². The van der Waals surface area contributed by atoms with Gasteiger partial charge in [0.2, 0.25) is 0 Å². The second-order valence-electron chi connectivity index (χ2n) is 16.0. The van der Waals surface area contributed by atoms with Gasteiger partial charge in [0.25, 0.3) is 0 Å². The fourth-order valence-corrected chi connectivity index (χ4v) is 9.71. The van der Waals surface area contributed by atoms with Gasteiger partial charge >= 0.3 is 0 Å². The molecule has 0 bridgehead atoms. The number of fused-ring (bicyclic) bond motifs is 9. The van der Waals surface area contributed by atoms with E-state index in [0.717, 1.165) is 44.2 Å². The molecule has 0 spiro atoms. The predicted molar refractivity (Wildman–Crippen MR) is 257 cm³/mol. The molecule has 5 heteroatoms. The SMILES string of the molecule is c1ccc(-c2nc(-c3ccccc3)nc(-c3cccc4c(-n5c6ccccc6c6cc7c(-n8c9ccccc9c9cc%10ccccc%10cc98)cccc7cc65)cccc34)n2)cc1. The van der Waals surface area contributed by atoms with Crippen LogP contribution in [-0.2, 0) is 0 Å². The van der Waals surface area contributed by atoms with E-state index in [2.05, 4.69) is 185 Å². The third-order valence-corrected chi connectivity index (χ3v) is 12.5. The molecule has 0 unspecified atom stereocenters. The summed E-state index contributed by atoms with van der Waals surface area (Å²) in [4.78, 5) is 15.2. The summed E-state index contributed by atoms with van der Waals surface area (Å²) in [6, 6.07) is 75.8. The molecule has 5 nitrogen and oxygen atoms in total. The number of hydrogen-bond donors (Lipinski definition) is 0. The largest absolute Gasteiger partial charge is 0.309 e. The van der Waals surface area contributed by atoms with Crippen LogP contribution in [0.25, 0.3) is 121 Å². The zero-order valence-electron chi connectivity index (χ0n) is 33.4. The van der Waals surface area contributed by atoms with E-state index in [9.17, 15) is 0 Å². The maximum absolute atomic E-state index is 5.13. The molecule has 0 radical (unpaired) electrons. The summed E-state index contributed by atoms with van der Waals surface area (Å²) in [5, 5.41) is 12.0. The van der Waals surface area contributed by atoms with Gasteiger partial charge in [-0.1, -0.05) is 164 Å². The van der Waals surface area contributed by atoms with Crippen molar-refractivity contribution in [2.24, 2.45) is 0 Å². The zero-order chi connectivity index (χ0) is 40.7. The average Bonchev–Trinajstić information content (AvgIpc) is 3.83. The molecule has 0 aliphatic carbocycles. The summed E-state index contributed by atoms with van der Waals surface area (Å²) in [7, 11) is 0. The number of para-hydroxylation sites is 2. The lowest BCUT2D eigenvalue weighted by molar-refractivity contribution is 1.08. The van der Waals surface area contributed by atoms with E-state index in [4.69, 9.17) is 15.0 Å². The molecule has 13 aromatic rings. The predicted octanol–water partition coefficient (Wildman–Crippen LogP) is 14.5. The number of benzene rings is 10. The van der Waals surface area contributed by atoms with E-state index in [0.29, 0.717) is 17.5 Å². The molecule has 13 rings (SSSR count). The van der Waals surface area contributed by atoms with E-state index in [-0.39, 0.29) is 0 Å². The average molecular weight is 790 g/mol. The highest BCUT2D eigenvalue weighted by atomic mass is 15.0. The molecular formula is C57H35N5. The molecule has 0 aliphatic heterocycles. The lowest BCUT2D eigenvalue weighted by Gasteiger charge is -2.15. The molecule has 0 aliphatic rings. The van der Waals surface area contributed by atoms with Gasteiger partial charge in [0.05, 0.1) is 33.4 Å². The van der Waals surface area contributed by atoms with Crippen LogP contribution in [0.4, 0.5) is 0 Å². The first-order valence-corrected chi connectivity index (χ1v) is 21.0. The summed E-state index contributed by atoms with van der Waals surface area (Å²) in [6.45, 7) is 0. The van der Waals surface area contributed by atoms with Crippen LogP contribution < -0.4 is 0 Å². The number of rotatable bonds is 5. The van der Waals surface area contributed by atoms with Crippen LogP contribution in [0.5, 0.6) is 0 Å². The van der Waals surface area contributed by atoms with Crippen LogP contribution in [-0.4, -0.2) is 24.1 Å². The Balaban J connectivity index is 1.04. The van der Waals surface area contributed by atoms with Crippen molar-refractivity contribution in [1.29, 1.82) is 0 Å². The third kappa shape index (κ3) is 5.25. The van der Waals surface area contributed by atoms with Gasteiger partial charge in [-0.05, 0) is 70.1 Å². The Bertz CT molecular complexity index is 3860.